The molecule has 2 aromatic heterocycles. The summed E-state index contributed by atoms with van der Waals surface area (Å²) in [5.74, 6) is -1.34. The van der Waals surface area contributed by atoms with Crippen molar-refractivity contribution in [3.05, 3.63) is 95.0 Å². The van der Waals surface area contributed by atoms with Crippen LogP contribution >= 0.6 is 11.6 Å². The van der Waals surface area contributed by atoms with E-state index in [9.17, 15) is 19.1 Å². The average molecular weight is 522 g/mol. The number of amides is 2. The lowest BCUT2D eigenvalue weighted by Crippen LogP contribution is -2.44. The Morgan fingerprint density at radius 1 is 1.05 bits per heavy atom. The third-order valence-corrected chi connectivity index (χ3v) is 5.95. The number of nitrogens with zero attached hydrogens (tertiary/aromatic N) is 3. The summed E-state index contributed by atoms with van der Waals surface area (Å²) < 4.78 is 15.7. The molecule has 0 radical (unpaired) electrons. The molecule has 2 heterocycles. The zero-order chi connectivity index (χ0) is 26.6. The highest BCUT2D eigenvalue weighted by molar-refractivity contribution is 6.34. The lowest BCUT2D eigenvalue weighted by Gasteiger charge is -2.24. The number of benzene rings is 2. The lowest BCUT2D eigenvalue weighted by atomic mass is 10.0. The normalized spacial score (nSPS) is 11.3. The molecular formula is C27H25ClFN5O3. The number of pyridine rings is 1. The molecule has 0 spiro atoms. The lowest BCUT2D eigenvalue weighted by molar-refractivity contribution is 0.0893. The van der Waals surface area contributed by atoms with Gasteiger partial charge in [0.2, 0.25) is 0 Å². The van der Waals surface area contributed by atoms with Gasteiger partial charge in [-0.1, -0.05) is 35.9 Å². The van der Waals surface area contributed by atoms with Crippen LogP contribution in [0.15, 0.2) is 72.9 Å². The monoisotopic (exact) mass is 521 g/mol. The largest absolute Gasteiger partial charge is 0.396 e. The molecule has 2 amide bonds. The van der Waals surface area contributed by atoms with Gasteiger partial charge in [-0.2, -0.15) is 5.10 Å². The molecule has 0 aliphatic rings. The van der Waals surface area contributed by atoms with Crippen LogP contribution in [0.3, 0.4) is 0 Å². The van der Waals surface area contributed by atoms with Gasteiger partial charge in [-0.05, 0) is 56.7 Å². The van der Waals surface area contributed by atoms with E-state index in [-0.39, 0.29) is 34.4 Å². The van der Waals surface area contributed by atoms with Gasteiger partial charge in [-0.15, -0.1) is 0 Å². The highest BCUT2D eigenvalue weighted by Crippen LogP contribution is 2.27. The van der Waals surface area contributed by atoms with Crippen molar-refractivity contribution in [2.75, 3.05) is 11.9 Å². The predicted octanol–water partition coefficient (Wildman–Crippen LogP) is 4.87. The summed E-state index contributed by atoms with van der Waals surface area (Å²) in [6.07, 6.45) is 1.81. The summed E-state index contributed by atoms with van der Waals surface area (Å²) in [7, 11) is 0. The number of nitrogens with one attached hydrogen (secondary N) is 2. The Labute approximate surface area is 218 Å². The Morgan fingerprint density at radius 3 is 2.51 bits per heavy atom. The number of rotatable bonds is 8. The Bertz CT molecular complexity index is 1440. The molecule has 3 N–H and O–H groups in total. The molecule has 0 unspecified atom stereocenters. The summed E-state index contributed by atoms with van der Waals surface area (Å²) >= 11 is 6.32. The first-order valence-electron chi connectivity index (χ1n) is 11.5. The van der Waals surface area contributed by atoms with E-state index in [1.165, 1.54) is 41.2 Å². The second-order valence-electron chi connectivity index (χ2n) is 8.96. The zero-order valence-electron chi connectivity index (χ0n) is 20.2. The van der Waals surface area contributed by atoms with Gasteiger partial charge in [-0.3, -0.25) is 14.6 Å². The fraction of sp³-hybridized carbons (Fsp3) is 0.185. The van der Waals surface area contributed by atoms with E-state index >= 15 is 0 Å². The zero-order valence-corrected chi connectivity index (χ0v) is 21.0. The highest BCUT2D eigenvalue weighted by atomic mass is 35.5. The summed E-state index contributed by atoms with van der Waals surface area (Å²) in [5.41, 5.74) is 0.588. The Hall–Kier alpha value is -4.08. The van der Waals surface area contributed by atoms with Gasteiger partial charge in [0.25, 0.3) is 11.8 Å². The first kappa shape index (κ1) is 26.0. The maximum Gasteiger partial charge on any atom is 0.272 e. The molecule has 37 heavy (non-hydrogen) atoms. The van der Waals surface area contributed by atoms with Gasteiger partial charge >= 0.3 is 0 Å². The minimum atomic E-state index is -0.666. The molecule has 0 fully saturated rings. The number of anilines is 1. The molecule has 4 aromatic rings. The second-order valence-corrected chi connectivity index (χ2v) is 9.36. The molecule has 0 saturated carbocycles. The van der Waals surface area contributed by atoms with E-state index in [4.69, 9.17) is 11.6 Å². The molecule has 0 aliphatic carbocycles. The van der Waals surface area contributed by atoms with Crippen molar-refractivity contribution in [1.82, 2.24) is 20.1 Å². The number of aromatic nitrogens is 3. The number of carbonyl (C=O) groups excluding carboxylic acids is 2. The topological polar surface area (TPSA) is 109 Å². The average Bonchev–Trinajstić information content (AvgIpc) is 3.29. The number of carbonyl (C=O) groups is 2. The Kier molecular flexibility index (Phi) is 7.66. The molecule has 0 aliphatic heterocycles. The van der Waals surface area contributed by atoms with Crippen LogP contribution in [0.1, 0.15) is 41.1 Å². The van der Waals surface area contributed by atoms with Crippen molar-refractivity contribution in [2.45, 2.75) is 25.8 Å². The van der Waals surface area contributed by atoms with Crippen LogP contribution in [0, 0.1) is 5.82 Å². The fourth-order valence-electron chi connectivity index (χ4n) is 3.69. The van der Waals surface area contributed by atoms with Crippen molar-refractivity contribution in [2.24, 2.45) is 0 Å². The summed E-state index contributed by atoms with van der Waals surface area (Å²) in [4.78, 5) is 30.3. The molecular weight excluding hydrogens is 497 g/mol. The summed E-state index contributed by atoms with van der Waals surface area (Å²) in [5, 5.41) is 19.4. The van der Waals surface area contributed by atoms with Crippen LogP contribution in [-0.2, 0) is 0 Å². The molecule has 0 bridgehead atoms. The summed E-state index contributed by atoms with van der Waals surface area (Å²) in [6, 6.07) is 17.7. The van der Waals surface area contributed by atoms with Gasteiger partial charge in [0.15, 0.2) is 5.69 Å². The number of aliphatic hydroxyl groups is 1. The minimum absolute atomic E-state index is 0.0700. The SMILES string of the molecule is CC(C)(CCO)NC(=O)c1cc(NC(=O)c2cc(-c3ncccc3F)ccc2Cl)n(-c2ccccc2)n1. The molecule has 8 nitrogen and oxygen atoms in total. The molecule has 10 heteroatoms. The molecule has 190 valence electrons. The molecule has 0 atom stereocenters. The van der Waals surface area contributed by atoms with Crippen molar-refractivity contribution < 1.29 is 19.1 Å². The van der Waals surface area contributed by atoms with Crippen LogP contribution in [-0.4, -0.2) is 43.8 Å². The third kappa shape index (κ3) is 6.02. The van der Waals surface area contributed by atoms with Crippen molar-refractivity contribution >= 4 is 29.2 Å². The van der Waals surface area contributed by atoms with Crippen LogP contribution in [0.4, 0.5) is 10.2 Å². The van der Waals surface area contributed by atoms with Crippen LogP contribution in [0.25, 0.3) is 16.9 Å². The van der Waals surface area contributed by atoms with Gasteiger partial charge in [0, 0.05) is 30.0 Å². The Morgan fingerprint density at radius 2 is 1.81 bits per heavy atom. The van der Waals surface area contributed by atoms with Gasteiger partial charge in [0.05, 0.1) is 16.3 Å². The predicted molar refractivity (Wildman–Crippen MR) is 139 cm³/mol. The van der Waals surface area contributed by atoms with Crippen LogP contribution in [0.5, 0.6) is 0 Å². The number of halogens is 2. The number of para-hydroxylation sites is 1. The highest BCUT2D eigenvalue weighted by Gasteiger charge is 2.24. The van der Waals surface area contributed by atoms with Gasteiger partial charge < -0.3 is 15.7 Å². The van der Waals surface area contributed by atoms with E-state index in [2.05, 4.69) is 20.7 Å². The first-order valence-corrected chi connectivity index (χ1v) is 11.9. The number of hydrogen-bond acceptors (Lipinski definition) is 5. The van der Waals surface area contributed by atoms with Crippen molar-refractivity contribution in [1.29, 1.82) is 0 Å². The van der Waals surface area contributed by atoms with Gasteiger partial charge in [-0.25, -0.2) is 9.07 Å². The summed E-state index contributed by atoms with van der Waals surface area (Å²) in [6.45, 7) is 3.49. The number of hydrogen-bond donors (Lipinski definition) is 3. The minimum Gasteiger partial charge on any atom is -0.396 e. The van der Waals surface area contributed by atoms with Crippen molar-refractivity contribution in [3.63, 3.8) is 0 Å². The third-order valence-electron chi connectivity index (χ3n) is 5.62. The molecule has 0 saturated heterocycles. The second kappa shape index (κ2) is 10.9. The van der Waals surface area contributed by atoms with Crippen molar-refractivity contribution in [3.8, 4) is 16.9 Å². The van der Waals surface area contributed by atoms with E-state index in [1.54, 1.807) is 44.2 Å². The standard InChI is InChI=1S/C27H25ClFN5O3/c1-27(2,12-14-35)32-26(37)22-16-23(34(33-22)18-7-4-3-5-8-18)31-25(36)19-15-17(10-11-20(19)28)24-21(29)9-6-13-30-24/h3-11,13,15-16,35H,12,14H2,1-2H3,(H,31,36)(H,32,37). The fourth-order valence-corrected chi connectivity index (χ4v) is 3.89. The van der Waals surface area contributed by atoms with Gasteiger partial charge in [0.1, 0.15) is 17.3 Å². The van der Waals surface area contributed by atoms with E-state index in [1.807, 2.05) is 6.07 Å². The molecule has 4 rings (SSSR count). The van der Waals surface area contributed by atoms with E-state index < -0.39 is 23.2 Å². The Balaban J connectivity index is 1.68. The van der Waals surface area contributed by atoms with E-state index in [0.29, 0.717) is 17.7 Å². The van der Waals surface area contributed by atoms with E-state index in [0.717, 1.165) is 0 Å². The van der Waals surface area contributed by atoms with Crippen LogP contribution in [0.2, 0.25) is 5.02 Å². The molecule has 2 aromatic carbocycles. The smallest absolute Gasteiger partial charge is 0.272 e. The van der Waals surface area contributed by atoms with Crippen LogP contribution < -0.4 is 10.6 Å². The quantitative estimate of drug-likeness (QED) is 0.306. The first-order chi connectivity index (χ1) is 17.7. The maximum atomic E-state index is 14.3. The number of aliphatic hydroxyl groups excluding tert-OH is 1. The maximum absolute atomic E-state index is 14.3.